The van der Waals surface area contributed by atoms with Crippen molar-refractivity contribution in [2.45, 2.75) is 19.9 Å². The van der Waals surface area contributed by atoms with Gasteiger partial charge < -0.3 is 24.2 Å². The summed E-state index contributed by atoms with van der Waals surface area (Å²) in [6.45, 7) is 2.88. The van der Waals surface area contributed by atoms with Crippen LogP contribution in [0.4, 0.5) is 11.6 Å². The number of hydrogen-bond donors (Lipinski definition) is 1. The van der Waals surface area contributed by atoms with Crippen LogP contribution in [0.3, 0.4) is 0 Å². The van der Waals surface area contributed by atoms with Crippen molar-refractivity contribution >= 4 is 17.5 Å². The minimum atomic E-state index is -0.165. The SMILES string of the molecule is COc1cc2c(cc1OC)CN(C(=O)c1cnc(Nc3cc(C)on3)cn1)CC2. The van der Waals surface area contributed by atoms with Gasteiger partial charge in [-0.1, -0.05) is 5.16 Å². The van der Waals surface area contributed by atoms with Crippen LogP contribution in [0.1, 0.15) is 27.4 Å². The minimum Gasteiger partial charge on any atom is -0.493 e. The lowest BCUT2D eigenvalue weighted by atomic mass is 9.98. The van der Waals surface area contributed by atoms with Gasteiger partial charge >= 0.3 is 0 Å². The second-order valence-corrected chi connectivity index (χ2v) is 6.69. The fraction of sp³-hybridized carbons (Fsp3) is 0.300. The van der Waals surface area contributed by atoms with Crippen LogP contribution in [0.25, 0.3) is 0 Å². The van der Waals surface area contributed by atoms with Crippen LogP contribution in [0.5, 0.6) is 11.5 Å². The Kier molecular flexibility index (Phi) is 5.03. The van der Waals surface area contributed by atoms with Gasteiger partial charge in [-0.3, -0.25) is 4.79 Å². The molecule has 2 aromatic heterocycles. The number of aromatic nitrogens is 3. The van der Waals surface area contributed by atoms with Gasteiger partial charge in [-0.15, -0.1) is 0 Å². The average Bonchev–Trinajstić information content (AvgIpc) is 3.16. The summed E-state index contributed by atoms with van der Waals surface area (Å²) in [5, 5.41) is 6.82. The van der Waals surface area contributed by atoms with Crippen LogP contribution < -0.4 is 14.8 Å². The fourth-order valence-electron chi connectivity index (χ4n) is 3.28. The molecule has 0 fully saturated rings. The third kappa shape index (κ3) is 3.84. The Labute approximate surface area is 167 Å². The summed E-state index contributed by atoms with van der Waals surface area (Å²) in [7, 11) is 3.21. The Balaban J connectivity index is 1.47. The topological polar surface area (TPSA) is 103 Å². The lowest BCUT2D eigenvalue weighted by molar-refractivity contribution is 0.0728. The Morgan fingerprint density at radius 2 is 1.83 bits per heavy atom. The number of carbonyl (C=O) groups is 1. The van der Waals surface area contributed by atoms with E-state index in [0.717, 1.165) is 17.5 Å². The number of ether oxygens (including phenoxy) is 2. The maximum Gasteiger partial charge on any atom is 0.274 e. The summed E-state index contributed by atoms with van der Waals surface area (Å²) in [5.74, 6) is 2.89. The molecule has 3 heterocycles. The Hall–Kier alpha value is -3.62. The normalized spacial score (nSPS) is 13.0. The maximum atomic E-state index is 12.9. The van der Waals surface area contributed by atoms with Crippen LogP contribution in [0.15, 0.2) is 35.1 Å². The van der Waals surface area contributed by atoms with Crippen molar-refractivity contribution in [1.82, 2.24) is 20.0 Å². The second-order valence-electron chi connectivity index (χ2n) is 6.69. The highest BCUT2D eigenvalue weighted by molar-refractivity contribution is 5.92. The number of benzene rings is 1. The number of nitrogens with one attached hydrogen (secondary N) is 1. The van der Waals surface area contributed by atoms with E-state index in [1.54, 1.807) is 32.1 Å². The van der Waals surface area contributed by atoms with Gasteiger partial charge in [0.1, 0.15) is 17.3 Å². The van der Waals surface area contributed by atoms with E-state index in [1.807, 2.05) is 12.1 Å². The lowest BCUT2D eigenvalue weighted by Gasteiger charge is -2.29. The second kappa shape index (κ2) is 7.78. The zero-order valence-electron chi connectivity index (χ0n) is 16.4. The van der Waals surface area contributed by atoms with E-state index in [1.165, 1.54) is 12.4 Å². The zero-order valence-corrected chi connectivity index (χ0v) is 16.4. The molecule has 9 nitrogen and oxygen atoms in total. The molecule has 150 valence electrons. The molecule has 0 radical (unpaired) electrons. The molecule has 1 aromatic carbocycles. The number of methoxy groups -OCH3 is 2. The molecule has 0 atom stereocenters. The average molecular weight is 395 g/mol. The summed E-state index contributed by atoms with van der Waals surface area (Å²) < 4.78 is 15.7. The highest BCUT2D eigenvalue weighted by Crippen LogP contribution is 2.33. The Morgan fingerprint density at radius 1 is 1.07 bits per heavy atom. The van der Waals surface area contributed by atoms with E-state index in [-0.39, 0.29) is 11.6 Å². The predicted molar refractivity (Wildman–Crippen MR) is 105 cm³/mol. The molecule has 29 heavy (non-hydrogen) atoms. The number of rotatable bonds is 5. The molecule has 0 saturated heterocycles. The Bertz CT molecular complexity index is 1030. The third-order valence-corrected chi connectivity index (χ3v) is 4.76. The number of amides is 1. The monoisotopic (exact) mass is 395 g/mol. The highest BCUT2D eigenvalue weighted by atomic mass is 16.5. The molecule has 1 N–H and O–H groups in total. The molecule has 0 spiro atoms. The van der Waals surface area contributed by atoms with Gasteiger partial charge in [-0.2, -0.15) is 0 Å². The molecule has 9 heteroatoms. The van der Waals surface area contributed by atoms with Gasteiger partial charge in [0.2, 0.25) is 0 Å². The predicted octanol–water partition coefficient (Wildman–Crippen LogP) is 2.73. The third-order valence-electron chi connectivity index (χ3n) is 4.76. The van der Waals surface area contributed by atoms with Crippen LogP contribution >= 0.6 is 0 Å². The van der Waals surface area contributed by atoms with E-state index >= 15 is 0 Å². The quantitative estimate of drug-likeness (QED) is 0.703. The number of carbonyl (C=O) groups excluding carboxylic acids is 1. The van der Waals surface area contributed by atoms with Crippen LogP contribution in [0.2, 0.25) is 0 Å². The van der Waals surface area contributed by atoms with Crippen LogP contribution in [-0.2, 0) is 13.0 Å². The summed E-state index contributed by atoms with van der Waals surface area (Å²) in [6.07, 6.45) is 3.70. The number of aryl methyl sites for hydroxylation is 1. The molecule has 1 aliphatic heterocycles. The summed E-state index contributed by atoms with van der Waals surface area (Å²) in [6, 6.07) is 5.64. The molecule has 1 amide bonds. The Morgan fingerprint density at radius 3 is 2.45 bits per heavy atom. The number of hydrogen-bond acceptors (Lipinski definition) is 8. The van der Waals surface area contributed by atoms with Crippen LogP contribution in [-0.4, -0.2) is 46.7 Å². The maximum absolute atomic E-state index is 12.9. The molecule has 0 unspecified atom stereocenters. The van der Waals surface area contributed by atoms with Gasteiger partial charge in [0.05, 0.1) is 26.6 Å². The van der Waals surface area contributed by atoms with Crippen molar-refractivity contribution in [3.8, 4) is 11.5 Å². The van der Waals surface area contributed by atoms with Gasteiger partial charge in [-0.05, 0) is 36.6 Å². The largest absolute Gasteiger partial charge is 0.493 e. The summed E-state index contributed by atoms with van der Waals surface area (Å²) in [5.41, 5.74) is 2.48. The molecule has 0 bridgehead atoms. The highest BCUT2D eigenvalue weighted by Gasteiger charge is 2.24. The van der Waals surface area contributed by atoms with Gasteiger partial charge in [0.25, 0.3) is 5.91 Å². The van der Waals surface area contributed by atoms with Crippen molar-refractivity contribution in [3.05, 3.63) is 53.2 Å². The van der Waals surface area contributed by atoms with Crippen molar-refractivity contribution < 1.29 is 18.8 Å². The van der Waals surface area contributed by atoms with Crippen molar-refractivity contribution in [2.24, 2.45) is 0 Å². The molecular formula is C20H21N5O4. The first-order valence-electron chi connectivity index (χ1n) is 9.13. The molecular weight excluding hydrogens is 374 g/mol. The fourth-order valence-corrected chi connectivity index (χ4v) is 3.28. The van der Waals surface area contributed by atoms with E-state index in [4.69, 9.17) is 14.0 Å². The smallest absolute Gasteiger partial charge is 0.274 e. The number of anilines is 2. The number of nitrogens with zero attached hydrogens (tertiary/aromatic N) is 4. The van der Waals surface area contributed by atoms with Gasteiger partial charge in [0, 0.05) is 19.2 Å². The van der Waals surface area contributed by atoms with E-state index < -0.39 is 0 Å². The van der Waals surface area contributed by atoms with Crippen molar-refractivity contribution in [3.63, 3.8) is 0 Å². The van der Waals surface area contributed by atoms with Crippen LogP contribution in [0, 0.1) is 6.92 Å². The minimum absolute atomic E-state index is 0.165. The van der Waals surface area contributed by atoms with E-state index in [2.05, 4.69) is 20.4 Å². The zero-order chi connectivity index (χ0) is 20.4. The first kappa shape index (κ1) is 18.7. The summed E-state index contributed by atoms with van der Waals surface area (Å²) in [4.78, 5) is 23.1. The molecule has 0 aliphatic carbocycles. The molecule has 0 saturated carbocycles. The van der Waals surface area contributed by atoms with Gasteiger partial charge in [-0.25, -0.2) is 9.97 Å². The summed E-state index contributed by atoms with van der Waals surface area (Å²) >= 11 is 0. The van der Waals surface area contributed by atoms with Crippen molar-refractivity contribution in [2.75, 3.05) is 26.1 Å². The van der Waals surface area contributed by atoms with Crippen molar-refractivity contribution in [1.29, 1.82) is 0 Å². The molecule has 4 rings (SSSR count). The first-order chi connectivity index (χ1) is 14.1. The van der Waals surface area contributed by atoms with E-state index in [0.29, 0.717) is 42.0 Å². The molecule has 1 aliphatic rings. The lowest BCUT2D eigenvalue weighted by Crippen LogP contribution is -2.36. The first-order valence-corrected chi connectivity index (χ1v) is 9.13. The van der Waals surface area contributed by atoms with E-state index in [9.17, 15) is 4.79 Å². The standard InChI is InChI=1S/C20H21N5O4/c1-12-6-18(24-29-12)23-19-10-21-15(9-22-19)20(26)25-5-4-13-7-16(27-2)17(28-3)8-14(13)11-25/h6-10H,4-5,11H2,1-3H3,(H,22,23,24). The number of fused-ring (bicyclic) bond motifs is 1. The molecule has 3 aromatic rings. The van der Waals surface area contributed by atoms with Gasteiger partial charge in [0.15, 0.2) is 17.3 Å².